The Bertz CT molecular complexity index is 1300. The number of guanidine groups is 1. The third-order valence-corrected chi connectivity index (χ3v) is 5.57. The van der Waals surface area contributed by atoms with E-state index in [2.05, 4.69) is 10.3 Å². The van der Waals surface area contributed by atoms with E-state index in [1.807, 2.05) is 6.07 Å². The van der Waals surface area contributed by atoms with Gasteiger partial charge in [-0.3, -0.25) is 9.59 Å². The first-order valence-corrected chi connectivity index (χ1v) is 11.5. The van der Waals surface area contributed by atoms with E-state index < -0.39 is 28.9 Å². The second kappa shape index (κ2) is 12.7. The minimum Gasteiger partial charge on any atom is -0.451 e. The maximum atomic E-state index is 13.6. The lowest BCUT2D eigenvalue weighted by molar-refractivity contribution is -0.525. The number of benzene rings is 2. The molecule has 4 amide bonds. The Balaban J connectivity index is 1.84. The standard InChI is InChI=1S/C24H28N8O6/c25-21(33)18(5-3-11-28-23(26)30-32(36)37)31(14-16-9-7-15(8-10-16)13-29-24(27)35)22(34)20-12-17-4-1-2-6-19(17)38-20/h1-2,4,6-10,12,18H,3,5,11,13-14H2,(H2,25,33)(H3,26,28,30)(H3,27,29,35)/t18-/m1/s1. The summed E-state index contributed by atoms with van der Waals surface area (Å²) in [7, 11) is 0. The summed E-state index contributed by atoms with van der Waals surface area (Å²) in [5.41, 5.74) is 20.0. The minimum atomic E-state index is -1.04. The minimum absolute atomic E-state index is 0.0291. The van der Waals surface area contributed by atoms with Crippen molar-refractivity contribution in [2.75, 3.05) is 6.54 Å². The number of carbonyl (C=O) groups excluding carboxylic acids is 3. The van der Waals surface area contributed by atoms with Crippen molar-refractivity contribution >= 4 is 34.8 Å². The molecular formula is C24H28N8O6. The maximum absolute atomic E-state index is 13.6. The summed E-state index contributed by atoms with van der Waals surface area (Å²) >= 11 is 0. The Labute approximate surface area is 216 Å². The van der Waals surface area contributed by atoms with Gasteiger partial charge in [-0.25, -0.2) is 19.9 Å². The van der Waals surface area contributed by atoms with E-state index in [4.69, 9.17) is 21.6 Å². The van der Waals surface area contributed by atoms with Gasteiger partial charge in [-0.05, 0) is 36.1 Å². The molecule has 8 N–H and O–H groups in total. The van der Waals surface area contributed by atoms with Crippen molar-refractivity contribution in [1.82, 2.24) is 15.6 Å². The van der Waals surface area contributed by atoms with Gasteiger partial charge >= 0.3 is 6.03 Å². The number of fused-ring (bicyclic) bond motifs is 1. The van der Waals surface area contributed by atoms with Crippen LogP contribution in [0.2, 0.25) is 0 Å². The van der Waals surface area contributed by atoms with Gasteiger partial charge in [-0.15, -0.1) is 0 Å². The van der Waals surface area contributed by atoms with Crippen LogP contribution in [0.15, 0.2) is 64.0 Å². The molecule has 0 aliphatic rings. The zero-order valence-corrected chi connectivity index (χ0v) is 20.3. The number of amides is 4. The number of hydrogen-bond donors (Lipinski definition) is 5. The highest BCUT2D eigenvalue weighted by Crippen LogP contribution is 2.23. The number of aliphatic imine (C=N–C) groups is 1. The van der Waals surface area contributed by atoms with E-state index in [-0.39, 0.29) is 44.2 Å². The lowest BCUT2D eigenvalue weighted by Crippen LogP contribution is -2.47. The molecule has 0 unspecified atom stereocenters. The van der Waals surface area contributed by atoms with Crippen LogP contribution in [0.1, 0.15) is 34.5 Å². The molecule has 0 saturated carbocycles. The predicted octanol–water partition coefficient (Wildman–Crippen LogP) is 0.974. The third kappa shape index (κ3) is 7.68. The number of para-hydroxylation sites is 1. The van der Waals surface area contributed by atoms with Gasteiger partial charge < -0.3 is 31.8 Å². The van der Waals surface area contributed by atoms with E-state index in [9.17, 15) is 24.5 Å². The predicted molar refractivity (Wildman–Crippen MR) is 138 cm³/mol. The van der Waals surface area contributed by atoms with Gasteiger partial charge in [-0.2, -0.15) is 0 Å². The van der Waals surface area contributed by atoms with Crippen LogP contribution in [0, 0.1) is 10.1 Å². The summed E-state index contributed by atoms with van der Waals surface area (Å²) in [5.74, 6) is -1.62. The number of primary amides is 2. The molecular weight excluding hydrogens is 496 g/mol. The lowest BCUT2D eigenvalue weighted by atomic mass is 10.1. The number of carbonyl (C=O) groups is 3. The number of furan rings is 1. The molecule has 3 aromatic rings. The van der Waals surface area contributed by atoms with E-state index in [0.29, 0.717) is 11.1 Å². The first kappa shape index (κ1) is 27.4. The quantitative estimate of drug-likeness (QED) is 0.0752. The van der Waals surface area contributed by atoms with Crippen LogP contribution in [0.25, 0.3) is 11.0 Å². The molecule has 38 heavy (non-hydrogen) atoms. The van der Waals surface area contributed by atoms with Crippen LogP contribution in [-0.2, 0) is 17.9 Å². The summed E-state index contributed by atoms with van der Waals surface area (Å²) < 4.78 is 5.74. The van der Waals surface area contributed by atoms with E-state index in [1.165, 1.54) is 4.90 Å². The summed E-state index contributed by atoms with van der Waals surface area (Å²) in [6.07, 6.45) is 0.381. The molecule has 0 fully saturated rings. The first-order chi connectivity index (χ1) is 18.1. The van der Waals surface area contributed by atoms with Crippen LogP contribution < -0.4 is 27.9 Å². The zero-order valence-electron chi connectivity index (χ0n) is 20.3. The van der Waals surface area contributed by atoms with E-state index >= 15 is 0 Å². The van der Waals surface area contributed by atoms with Crippen LogP contribution in [0.5, 0.6) is 0 Å². The Morgan fingerprint density at radius 3 is 2.37 bits per heavy atom. The van der Waals surface area contributed by atoms with Gasteiger partial charge in [0.1, 0.15) is 11.6 Å². The van der Waals surface area contributed by atoms with Crippen LogP contribution in [0.3, 0.4) is 0 Å². The van der Waals surface area contributed by atoms with Crippen molar-refractivity contribution in [3.63, 3.8) is 0 Å². The molecule has 1 heterocycles. The Kier molecular flexibility index (Phi) is 9.18. The van der Waals surface area contributed by atoms with Crippen molar-refractivity contribution in [1.29, 1.82) is 0 Å². The van der Waals surface area contributed by atoms with Gasteiger partial charge in [0.25, 0.3) is 11.9 Å². The summed E-state index contributed by atoms with van der Waals surface area (Å²) in [4.78, 5) is 52.7. The van der Waals surface area contributed by atoms with E-state index in [1.54, 1.807) is 54.0 Å². The maximum Gasteiger partial charge on any atom is 0.312 e. The average Bonchev–Trinajstić information content (AvgIpc) is 3.30. The highest BCUT2D eigenvalue weighted by Gasteiger charge is 2.31. The number of hydrogen-bond acceptors (Lipinski definition) is 7. The first-order valence-electron chi connectivity index (χ1n) is 11.5. The van der Waals surface area contributed by atoms with Gasteiger partial charge in [0.05, 0.1) is 0 Å². The highest BCUT2D eigenvalue weighted by atomic mass is 16.7. The van der Waals surface area contributed by atoms with Crippen LogP contribution >= 0.6 is 0 Å². The highest BCUT2D eigenvalue weighted by molar-refractivity contribution is 5.98. The van der Waals surface area contributed by atoms with Crippen molar-refractivity contribution in [3.05, 3.63) is 81.6 Å². The Morgan fingerprint density at radius 1 is 1.05 bits per heavy atom. The second-order valence-electron chi connectivity index (χ2n) is 8.31. The molecule has 14 heteroatoms. The molecule has 1 atom stereocenters. The Morgan fingerprint density at radius 2 is 1.74 bits per heavy atom. The Hall–Kier alpha value is -5.14. The summed E-state index contributed by atoms with van der Waals surface area (Å²) in [6.45, 7) is 0.322. The molecule has 0 aliphatic heterocycles. The monoisotopic (exact) mass is 524 g/mol. The number of nitrogens with zero attached hydrogens (tertiary/aromatic N) is 3. The fourth-order valence-electron chi connectivity index (χ4n) is 3.77. The number of nitrogens with one attached hydrogen (secondary N) is 2. The smallest absolute Gasteiger partial charge is 0.312 e. The van der Waals surface area contributed by atoms with Crippen molar-refractivity contribution in [2.24, 2.45) is 22.2 Å². The molecule has 0 aliphatic carbocycles. The van der Waals surface area contributed by atoms with Crippen LogP contribution in [-0.4, -0.2) is 46.3 Å². The summed E-state index contributed by atoms with van der Waals surface area (Å²) in [6, 6.07) is 14.0. The normalized spacial score (nSPS) is 12.1. The SMILES string of the molecule is NC(=O)NCc1ccc(CN(C(=O)c2cc3ccccc3o2)[C@H](CCCN=C(N)N[N+](=O)[O-])C(N)=O)cc1. The zero-order chi connectivity index (χ0) is 27.7. The van der Waals surface area contributed by atoms with Crippen molar-refractivity contribution in [3.8, 4) is 0 Å². The van der Waals surface area contributed by atoms with Crippen LogP contribution in [0.4, 0.5) is 4.79 Å². The molecule has 200 valence electrons. The molecule has 0 radical (unpaired) electrons. The average molecular weight is 525 g/mol. The molecule has 14 nitrogen and oxygen atoms in total. The van der Waals surface area contributed by atoms with Gasteiger partial charge in [0, 0.05) is 25.0 Å². The fourth-order valence-corrected chi connectivity index (χ4v) is 3.77. The number of rotatable bonds is 12. The van der Waals surface area contributed by atoms with Gasteiger partial charge in [0.15, 0.2) is 10.8 Å². The topological polar surface area (TPSA) is 225 Å². The molecule has 0 spiro atoms. The third-order valence-electron chi connectivity index (χ3n) is 5.57. The van der Waals surface area contributed by atoms with Crippen molar-refractivity contribution in [2.45, 2.75) is 32.0 Å². The number of nitro groups is 1. The number of nitrogens with two attached hydrogens (primary N) is 3. The largest absolute Gasteiger partial charge is 0.451 e. The van der Waals surface area contributed by atoms with Gasteiger partial charge in [-0.1, -0.05) is 47.9 Å². The van der Waals surface area contributed by atoms with Gasteiger partial charge in [0.2, 0.25) is 5.91 Å². The molecule has 0 bridgehead atoms. The molecule has 3 rings (SSSR count). The summed E-state index contributed by atoms with van der Waals surface area (Å²) in [5, 5.41) is 12.8. The molecule has 1 aromatic heterocycles. The fraction of sp³-hybridized carbons (Fsp3) is 0.250. The molecule has 2 aromatic carbocycles. The lowest BCUT2D eigenvalue weighted by Gasteiger charge is -2.29. The molecule has 0 saturated heterocycles. The van der Waals surface area contributed by atoms with E-state index in [0.717, 1.165) is 10.9 Å². The second-order valence-corrected chi connectivity index (χ2v) is 8.31. The number of urea groups is 1. The number of hydrazine groups is 1. The van der Waals surface area contributed by atoms with Crippen molar-refractivity contribution < 1.29 is 23.8 Å².